The second-order valence-corrected chi connectivity index (χ2v) is 5.26. The van der Waals surface area contributed by atoms with Crippen LogP contribution >= 0.6 is 27.3 Å². The molecule has 1 nitrogen and oxygen atoms in total. The Balaban J connectivity index is 2.34. The molecule has 0 aliphatic heterocycles. The Morgan fingerprint density at radius 1 is 1.64 bits per heavy atom. The van der Waals surface area contributed by atoms with E-state index in [4.69, 9.17) is 0 Å². The average Bonchev–Trinajstić information content (AvgIpc) is 2.75. The summed E-state index contributed by atoms with van der Waals surface area (Å²) in [6.45, 7) is 2.20. The quantitative estimate of drug-likeness (QED) is 0.761. The highest BCUT2D eigenvalue weighted by Crippen LogP contribution is 2.43. The summed E-state index contributed by atoms with van der Waals surface area (Å²) in [4.78, 5) is 5.95. The van der Waals surface area contributed by atoms with Gasteiger partial charge in [0.15, 0.2) is 3.92 Å². The maximum atomic E-state index is 4.48. The first-order chi connectivity index (χ1) is 5.31. The molecule has 1 aromatic heterocycles. The van der Waals surface area contributed by atoms with Crippen molar-refractivity contribution in [1.82, 2.24) is 4.98 Å². The van der Waals surface area contributed by atoms with Crippen molar-refractivity contribution in [3.05, 3.63) is 14.5 Å². The zero-order valence-corrected chi connectivity index (χ0v) is 8.83. The smallest absolute Gasteiger partial charge is 0.159 e. The van der Waals surface area contributed by atoms with Crippen LogP contribution in [0.25, 0.3) is 0 Å². The number of halogens is 1. The van der Waals surface area contributed by atoms with Gasteiger partial charge in [-0.05, 0) is 35.2 Å². The molecule has 1 aromatic rings. The normalized spacial score (nSPS) is 17.3. The van der Waals surface area contributed by atoms with Gasteiger partial charge in [-0.3, -0.25) is 0 Å². The van der Waals surface area contributed by atoms with E-state index in [-0.39, 0.29) is 0 Å². The van der Waals surface area contributed by atoms with Gasteiger partial charge in [0.2, 0.25) is 0 Å². The van der Waals surface area contributed by atoms with Crippen LogP contribution in [0.15, 0.2) is 3.92 Å². The Hall–Kier alpha value is 0.110. The average molecular weight is 232 g/mol. The topological polar surface area (TPSA) is 12.9 Å². The number of nitrogens with zero attached hydrogens (tertiary/aromatic N) is 1. The maximum absolute atomic E-state index is 4.48. The summed E-state index contributed by atoms with van der Waals surface area (Å²) in [5.74, 6) is 0.799. The highest BCUT2D eigenvalue weighted by Gasteiger charge is 2.28. The summed E-state index contributed by atoms with van der Waals surface area (Å²) in [5.41, 5.74) is 1.37. The second kappa shape index (κ2) is 2.87. The van der Waals surface area contributed by atoms with Crippen molar-refractivity contribution in [1.29, 1.82) is 0 Å². The van der Waals surface area contributed by atoms with E-state index in [0.717, 1.165) is 16.3 Å². The minimum atomic E-state index is 0.799. The lowest BCUT2D eigenvalue weighted by Gasteiger charge is -1.92. The van der Waals surface area contributed by atoms with Crippen LogP contribution in [0.2, 0.25) is 0 Å². The first-order valence-corrected chi connectivity index (χ1v) is 5.57. The second-order valence-electron chi connectivity index (χ2n) is 2.90. The molecule has 1 aliphatic rings. The molecule has 1 saturated carbocycles. The zero-order chi connectivity index (χ0) is 7.84. The Labute approximate surface area is 79.0 Å². The highest BCUT2D eigenvalue weighted by molar-refractivity contribution is 9.11. The van der Waals surface area contributed by atoms with Gasteiger partial charge in [0, 0.05) is 10.8 Å². The van der Waals surface area contributed by atoms with Gasteiger partial charge in [-0.2, -0.15) is 0 Å². The van der Waals surface area contributed by atoms with Crippen LogP contribution in [0.1, 0.15) is 36.3 Å². The van der Waals surface area contributed by atoms with Gasteiger partial charge in [-0.25, -0.2) is 4.98 Å². The van der Waals surface area contributed by atoms with Crippen LogP contribution in [-0.2, 0) is 6.42 Å². The number of thiazole rings is 1. The Bertz CT molecular complexity index is 265. The number of hydrogen-bond donors (Lipinski definition) is 0. The van der Waals surface area contributed by atoms with E-state index in [2.05, 4.69) is 27.8 Å². The molecule has 1 heterocycles. The summed E-state index contributed by atoms with van der Waals surface area (Å²) in [6, 6.07) is 0. The van der Waals surface area contributed by atoms with E-state index in [0.29, 0.717) is 0 Å². The fourth-order valence-electron chi connectivity index (χ4n) is 1.26. The minimum Gasteiger partial charge on any atom is -0.234 e. The van der Waals surface area contributed by atoms with Gasteiger partial charge >= 0.3 is 0 Å². The van der Waals surface area contributed by atoms with E-state index in [1.54, 1.807) is 11.3 Å². The van der Waals surface area contributed by atoms with E-state index in [1.165, 1.54) is 23.4 Å². The molecule has 0 bridgehead atoms. The van der Waals surface area contributed by atoms with Crippen molar-refractivity contribution in [3.8, 4) is 0 Å². The van der Waals surface area contributed by atoms with Crippen LogP contribution in [0.3, 0.4) is 0 Å². The zero-order valence-electron chi connectivity index (χ0n) is 6.43. The minimum absolute atomic E-state index is 0.799. The van der Waals surface area contributed by atoms with Gasteiger partial charge in [-0.1, -0.05) is 6.92 Å². The standard InChI is InChI=1S/C8H10BrNS/c1-2-6-7(5-3-4-5)10-8(9)11-6/h5H,2-4H2,1H3. The van der Waals surface area contributed by atoms with Crippen molar-refractivity contribution in [2.75, 3.05) is 0 Å². The van der Waals surface area contributed by atoms with E-state index >= 15 is 0 Å². The molecular weight excluding hydrogens is 222 g/mol. The van der Waals surface area contributed by atoms with Crippen LogP contribution in [0, 0.1) is 0 Å². The molecule has 0 unspecified atom stereocenters. The molecule has 0 spiro atoms. The third kappa shape index (κ3) is 1.49. The molecular formula is C8H10BrNS. The summed E-state index contributed by atoms with van der Waals surface area (Å²) in [6.07, 6.45) is 3.83. The number of aryl methyl sites for hydroxylation is 1. The summed E-state index contributed by atoms with van der Waals surface area (Å²) in [7, 11) is 0. The third-order valence-electron chi connectivity index (χ3n) is 1.99. The van der Waals surface area contributed by atoms with Crippen molar-refractivity contribution >= 4 is 27.3 Å². The molecule has 11 heavy (non-hydrogen) atoms. The molecule has 3 heteroatoms. The fourth-order valence-corrected chi connectivity index (χ4v) is 2.85. The van der Waals surface area contributed by atoms with Crippen molar-refractivity contribution in [3.63, 3.8) is 0 Å². The SMILES string of the molecule is CCc1sc(Br)nc1C1CC1. The first-order valence-electron chi connectivity index (χ1n) is 3.96. The molecule has 0 radical (unpaired) electrons. The molecule has 2 rings (SSSR count). The van der Waals surface area contributed by atoms with E-state index < -0.39 is 0 Å². The Morgan fingerprint density at radius 2 is 2.36 bits per heavy atom. The number of aromatic nitrogens is 1. The Kier molecular flexibility index (Phi) is 2.02. The molecule has 0 N–H and O–H groups in total. The fraction of sp³-hybridized carbons (Fsp3) is 0.625. The lowest BCUT2D eigenvalue weighted by Crippen LogP contribution is -1.84. The maximum Gasteiger partial charge on any atom is 0.159 e. The van der Waals surface area contributed by atoms with Gasteiger partial charge < -0.3 is 0 Å². The summed E-state index contributed by atoms with van der Waals surface area (Å²) in [5, 5.41) is 0. The summed E-state index contributed by atoms with van der Waals surface area (Å²) >= 11 is 5.22. The van der Waals surface area contributed by atoms with Gasteiger partial charge in [0.1, 0.15) is 0 Å². The van der Waals surface area contributed by atoms with Crippen molar-refractivity contribution in [2.45, 2.75) is 32.1 Å². The molecule has 1 fully saturated rings. The lowest BCUT2D eigenvalue weighted by atomic mass is 10.2. The van der Waals surface area contributed by atoms with Gasteiger partial charge in [0.25, 0.3) is 0 Å². The van der Waals surface area contributed by atoms with E-state index in [1.807, 2.05) is 0 Å². The number of rotatable bonds is 2. The van der Waals surface area contributed by atoms with Crippen molar-refractivity contribution < 1.29 is 0 Å². The van der Waals surface area contributed by atoms with Crippen molar-refractivity contribution in [2.24, 2.45) is 0 Å². The van der Waals surface area contributed by atoms with Crippen LogP contribution in [0.5, 0.6) is 0 Å². The third-order valence-corrected chi connectivity index (χ3v) is 3.65. The van der Waals surface area contributed by atoms with Crippen LogP contribution in [0.4, 0.5) is 0 Å². The molecule has 0 atom stereocenters. The molecule has 0 saturated heterocycles. The molecule has 0 amide bonds. The highest BCUT2D eigenvalue weighted by atomic mass is 79.9. The predicted molar refractivity (Wildman–Crippen MR) is 51.2 cm³/mol. The first kappa shape index (κ1) is 7.74. The largest absolute Gasteiger partial charge is 0.234 e. The van der Waals surface area contributed by atoms with Gasteiger partial charge in [0.05, 0.1) is 5.69 Å². The molecule has 0 aromatic carbocycles. The molecule has 1 aliphatic carbocycles. The predicted octanol–water partition coefficient (Wildman–Crippen LogP) is 3.35. The molecule has 60 valence electrons. The number of hydrogen-bond acceptors (Lipinski definition) is 2. The lowest BCUT2D eigenvalue weighted by molar-refractivity contribution is 0.991. The van der Waals surface area contributed by atoms with E-state index in [9.17, 15) is 0 Å². The van der Waals surface area contributed by atoms with Crippen LogP contribution in [-0.4, -0.2) is 4.98 Å². The Morgan fingerprint density at radius 3 is 2.91 bits per heavy atom. The monoisotopic (exact) mass is 231 g/mol. The van der Waals surface area contributed by atoms with Gasteiger partial charge in [-0.15, -0.1) is 11.3 Å². The van der Waals surface area contributed by atoms with Crippen LogP contribution < -0.4 is 0 Å². The summed E-state index contributed by atoms with van der Waals surface area (Å²) < 4.78 is 1.05.